The Morgan fingerprint density at radius 3 is 2.56 bits per heavy atom. The Kier molecular flexibility index (Phi) is 4.81. The van der Waals surface area contributed by atoms with Crippen molar-refractivity contribution in [2.24, 2.45) is 0 Å². The van der Waals surface area contributed by atoms with E-state index in [-0.39, 0.29) is 6.03 Å². The van der Waals surface area contributed by atoms with Crippen molar-refractivity contribution < 1.29 is 4.79 Å². The molecule has 2 rings (SSSR count). The van der Waals surface area contributed by atoms with Crippen molar-refractivity contribution >= 4 is 22.0 Å². The van der Waals surface area contributed by atoms with Crippen LogP contribution < -0.4 is 10.6 Å². The molecule has 0 radical (unpaired) electrons. The van der Waals surface area contributed by atoms with E-state index in [0.717, 1.165) is 22.9 Å². The zero-order valence-electron chi connectivity index (χ0n) is 10.2. The molecule has 0 heterocycles. The Morgan fingerprint density at radius 1 is 1.22 bits per heavy atom. The van der Waals surface area contributed by atoms with E-state index in [2.05, 4.69) is 26.6 Å². The van der Waals surface area contributed by atoms with Gasteiger partial charge in [0.2, 0.25) is 0 Å². The summed E-state index contributed by atoms with van der Waals surface area (Å²) in [6, 6.07) is 7.77. The fourth-order valence-electron chi connectivity index (χ4n) is 1.98. The number of urea groups is 1. The molecule has 1 saturated carbocycles. The van der Waals surface area contributed by atoms with E-state index >= 15 is 0 Å². The van der Waals surface area contributed by atoms with Crippen LogP contribution in [-0.2, 0) is 6.54 Å². The van der Waals surface area contributed by atoms with Gasteiger partial charge >= 0.3 is 6.03 Å². The zero-order valence-corrected chi connectivity index (χ0v) is 11.8. The largest absolute Gasteiger partial charge is 0.334 e. The Labute approximate surface area is 116 Å². The van der Waals surface area contributed by atoms with Gasteiger partial charge in [0.1, 0.15) is 0 Å². The molecular weight excluding hydrogens is 292 g/mol. The van der Waals surface area contributed by atoms with Gasteiger partial charge in [-0.1, -0.05) is 33.6 Å². The normalized spacial score (nSPS) is 14.4. The number of nitrogens with one attached hydrogen (secondary N) is 2. The van der Waals surface area contributed by atoms with E-state index in [1.165, 1.54) is 18.4 Å². The van der Waals surface area contributed by atoms with E-state index < -0.39 is 0 Å². The first-order valence-electron chi connectivity index (χ1n) is 6.21. The van der Waals surface area contributed by atoms with Crippen molar-refractivity contribution in [3.63, 3.8) is 0 Å². The summed E-state index contributed by atoms with van der Waals surface area (Å²) < 4.78 is 1.04. The zero-order chi connectivity index (χ0) is 12.8. The number of allylic oxidation sites excluding steroid dienone is 1. The van der Waals surface area contributed by atoms with Crippen LogP contribution in [0.4, 0.5) is 4.79 Å². The second kappa shape index (κ2) is 6.59. The number of carbonyl (C=O) groups is 1. The molecule has 4 heteroatoms. The third kappa shape index (κ3) is 4.18. The average Bonchev–Trinajstić information content (AvgIpc) is 2.89. The van der Waals surface area contributed by atoms with Gasteiger partial charge in [-0.2, -0.15) is 0 Å². The van der Waals surface area contributed by atoms with E-state index in [4.69, 9.17) is 0 Å². The van der Waals surface area contributed by atoms with Crippen molar-refractivity contribution in [2.45, 2.75) is 32.2 Å². The number of amides is 2. The number of hydrogen-bond acceptors (Lipinski definition) is 1. The fraction of sp³-hybridized carbons (Fsp3) is 0.357. The predicted octanol–water partition coefficient (Wildman–Crippen LogP) is 3.71. The first kappa shape index (κ1) is 13.1. The van der Waals surface area contributed by atoms with Gasteiger partial charge in [-0.3, -0.25) is 0 Å². The van der Waals surface area contributed by atoms with Crippen LogP contribution in [0.5, 0.6) is 0 Å². The minimum atomic E-state index is -0.141. The molecule has 0 spiro atoms. The van der Waals surface area contributed by atoms with Crippen LogP contribution in [0.2, 0.25) is 0 Å². The van der Waals surface area contributed by atoms with Crippen LogP contribution in [0.15, 0.2) is 40.5 Å². The van der Waals surface area contributed by atoms with Crippen molar-refractivity contribution in [2.75, 3.05) is 0 Å². The van der Waals surface area contributed by atoms with Crippen molar-refractivity contribution in [3.05, 3.63) is 46.1 Å². The summed E-state index contributed by atoms with van der Waals surface area (Å²) >= 11 is 3.38. The number of hydrogen-bond donors (Lipinski definition) is 2. The van der Waals surface area contributed by atoms with E-state index in [9.17, 15) is 4.79 Å². The summed E-state index contributed by atoms with van der Waals surface area (Å²) in [7, 11) is 0. The quantitative estimate of drug-likeness (QED) is 0.878. The molecule has 2 amide bonds. The van der Waals surface area contributed by atoms with Crippen molar-refractivity contribution in [1.82, 2.24) is 10.6 Å². The maximum atomic E-state index is 11.6. The first-order chi connectivity index (χ1) is 8.74. The van der Waals surface area contributed by atoms with Crippen LogP contribution in [0, 0.1) is 0 Å². The lowest BCUT2D eigenvalue weighted by Gasteiger charge is -2.05. The molecule has 0 bridgehead atoms. The second-order valence-corrected chi connectivity index (χ2v) is 5.38. The first-order valence-corrected chi connectivity index (χ1v) is 7.00. The van der Waals surface area contributed by atoms with Crippen molar-refractivity contribution in [3.8, 4) is 0 Å². The second-order valence-electron chi connectivity index (χ2n) is 4.46. The fourth-order valence-corrected chi connectivity index (χ4v) is 2.24. The Morgan fingerprint density at radius 2 is 1.89 bits per heavy atom. The Balaban J connectivity index is 1.74. The molecule has 1 aliphatic rings. The maximum absolute atomic E-state index is 11.6. The van der Waals surface area contributed by atoms with E-state index in [0.29, 0.717) is 6.54 Å². The molecule has 1 fully saturated rings. The van der Waals surface area contributed by atoms with Crippen LogP contribution >= 0.6 is 15.9 Å². The lowest BCUT2D eigenvalue weighted by molar-refractivity contribution is 0.243. The van der Waals surface area contributed by atoms with Gasteiger partial charge in [0.05, 0.1) is 0 Å². The van der Waals surface area contributed by atoms with Gasteiger partial charge in [0, 0.05) is 17.2 Å². The summed E-state index contributed by atoms with van der Waals surface area (Å²) in [5, 5.41) is 5.62. The maximum Gasteiger partial charge on any atom is 0.319 e. The number of benzene rings is 1. The third-order valence-electron chi connectivity index (χ3n) is 3.02. The molecule has 0 aliphatic heterocycles. The lowest BCUT2D eigenvalue weighted by atomic mass is 10.2. The summed E-state index contributed by atoms with van der Waals surface area (Å²) in [6.45, 7) is 0.544. The molecule has 1 aromatic carbocycles. The Hall–Kier alpha value is -1.29. The Bertz CT molecular complexity index is 432. The minimum absolute atomic E-state index is 0.141. The molecular formula is C14H17BrN2O. The van der Waals surface area contributed by atoms with Crippen molar-refractivity contribution in [1.29, 1.82) is 0 Å². The lowest BCUT2D eigenvalue weighted by Crippen LogP contribution is -2.31. The van der Waals surface area contributed by atoms with Gasteiger partial charge in [-0.15, -0.1) is 0 Å². The predicted molar refractivity (Wildman–Crippen MR) is 76.1 cm³/mol. The highest BCUT2D eigenvalue weighted by atomic mass is 79.9. The summed E-state index contributed by atoms with van der Waals surface area (Å²) in [5.74, 6) is 0. The van der Waals surface area contributed by atoms with Gasteiger partial charge < -0.3 is 10.6 Å². The molecule has 2 N–H and O–H groups in total. The summed E-state index contributed by atoms with van der Waals surface area (Å²) in [5.41, 5.74) is 2.43. The van der Waals surface area contributed by atoms with Gasteiger partial charge in [-0.25, -0.2) is 4.79 Å². The van der Waals surface area contributed by atoms with E-state index in [1.807, 2.05) is 30.5 Å². The van der Waals surface area contributed by atoms with Gasteiger partial charge in [0.15, 0.2) is 0 Å². The van der Waals surface area contributed by atoms with E-state index in [1.54, 1.807) is 0 Å². The topological polar surface area (TPSA) is 41.1 Å². The van der Waals surface area contributed by atoms with Crippen LogP contribution in [0.1, 0.15) is 31.2 Å². The standard InChI is InChI=1S/C14H17BrN2O/c15-13-7-5-12(6-8-13)10-17-14(18)16-9-11-3-1-2-4-11/h5-9H,1-4,10H2,(H2,16,17,18). The molecule has 18 heavy (non-hydrogen) atoms. The summed E-state index contributed by atoms with van der Waals surface area (Å²) in [6.07, 6.45) is 6.58. The monoisotopic (exact) mass is 308 g/mol. The number of halogens is 1. The molecule has 0 unspecified atom stereocenters. The molecule has 0 aromatic heterocycles. The highest BCUT2D eigenvalue weighted by Gasteiger charge is 2.06. The molecule has 1 aliphatic carbocycles. The highest BCUT2D eigenvalue weighted by Crippen LogP contribution is 2.22. The molecule has 1 aromatic rings. The van der Waals surface area contributed by atoms with Gasteiger partial charge in [-0.05, 0) is 43.4 Å². The summed E-state index contributed by atoms with van der Waals surface area (Å²) in [4.78, 5) is 11.6. The smallest absolute Gasteiger partial charge is 0.319 e. The average molecular weight is 309 g/mol. The van der Waals surface area contributed by atoms with Crippen LogP contribution in [-0.4, -0.2) is 6.03 Å². The minimum Gasteiger partial charge on any atom is -0.334 e. The molecule has 0 saturated heterocycles. The van der Waals surface area contributed by atoms with Gasteiger partial charge in [0.25, 0.3) is 0 Å². The highest BCUT2D eigenvalue weighted by molar-refractivity contribution is 9.10. The van der Waals surface area contributed by atoms with Crippen LogP contribution in [0.25, 0.3) is 0 Å². The number of carbonyl (C=O) groups excluding carboxylic acids is 1. The molecule has 3 nitrogen and oxygen atoms in total. The SMILES string of the molecule is O=C(NC=C1CCCC1)NCc1ccc(Br)cc1. The molecule has 96 valence electrons. The molecule has 0 atom stereocenters. The van der Waals surface area contributed by atoms with Crippen LogP contribution in [0.3, 0.4) is 0 Å². The number of rotatable bonds is 3. The third-order valence-corrected chi connectivity index (χ3v) is 3.55.